The molecule has 2 N–H and O–H groups in total. The number of aliphatic hydroxyl groups is 1. The zero-order valence-electron chi connectivity index (χ0n) is 12.0. The van der Waals surface area contributed by atoms with Crippen LogP contribution in [0.15, 0.2) is 24.3 Å². The van der Waals surface area contributed by atoms with E-state index in [1.807, 2.05) is 0 Å². The summed E-state index contributed by atoms with van der Waals surface area (Å²) in [5, 5.41) is 14.0. The monoisotopic (exact) mass is 301 g/mol. The van der Waals surface area contributed by atoms with Crippen molar-refractivity contribution in [2.24, 2.45) is 0 Å². The van der Waals surface area contributed by atoms with Crippen LogP contribution in [0.25, 0.3) is 0 Å². The fourth-order valence-corrected chi connectivity index (χ4v) is 2.97. The molecule has 1 aromatic carbocycles. The Labute approximate surface area is 127 Å². The molecule has 1 aliphatic rings. The average Bonchev–Trinajstić information content (AvgIpc) is 2.64. The summed E-state index contributed by atoms with van der Waals surface area (Å²) in [4.78, 5) is 0. The van der Waals surface area contributed by atoms with Crippen molar-refractivity contribution < 1.29 is 9.50 Å². The van der Waals surface area contributed by atoms with Gasteiger partial charge in [0.05, 0.1) is 6.10 Å². The Hall–Kier alpha value is -0.640. The van der Waals surface area contributed by atoms with Gasteiger partial charge in [-0.15, -0.1) is 12.4 Å². The second-order valence-electron chi connectivity index (χ2n) is 5.54. The quantitative estimate of drug-likeness (QED) is 0.881. The lowest BCUT2D eigenvalue weighted by atomic mass is 9.98. The Morgan fingerprint density at radius 3 is 2.80 bits per heavy atom. The molecular weight excluding hydrogens is 277 g/mol. The van der Waals surface area contributed by atoms with Crippen molar-refractivity contribution in [3.8, 4) is 0 Å². The molecule has 1 fully saturated rings. The molecular formula is C16H25ClFNO. The van der Waals surface area contributed by atoms with Crippen molar-refractivity contribution in [3.05, 3.63) is 35.6 Å². The average molecular weight is 302 g/mol. The molecule has 1 heterocycles. The van der Waals surface area contributed by atoms with Gasteiger partial charge in [-0.2, -0.15) is 0 Å². The summed E-state index contributed by atoms with van der Waals surface area (Å²) >= 11 is 0. The molecule has 4 heteroatoms. The normalized spacial score (nSPS) is 24.6. The molecule has 0 radical (unpaired) electrons. The van der Waals surface area contributed by atoms with E-state index in [9.17, 15) is 9.50 Å². The lowest BCUT2D eigenvalue weighted by molar-refractivity contribution is 0.119. The summed E-state index contributed by atoms with van der Waals surface area (Å²) in [7, 11) is 0. The Morgan fingerprint density at radius 1 is 1.35 bits per heavy atom. The van der Waals surface area contributed by atoms with Crippen molar-refractivity contribution in [2.45, 2.75) is 63.6 Å². The van der Waals surface area contributed by atoms with Gasteiger partial charge in [-0.3, -0.25) is 0 Å². The van der Waals surface area contributed by atoms with Crippen molar-refractivity contribution in [1.82, 2.24) is 5.32 Å². The molecule has 20 heavy (non-hydrogen) atoms. The number of aliphatic hydroxyl groups excluding tert-OH is 1. The Morgan fingerprint density at radius 2 is 2.10 bits per heavy atom. The first kappa shape index (κ1) is 17.4. The number of halogens is 2. The van der Waals surface area contributed by atoms with Gasteiger partial charge in [-0.25, -0.2) is 4.39 Å². The molecule has 1 aromatic rings. The van der Waals surface area contributed by atoms with Crippen LogP contribution in [0, 0.1) is 5.82 Å². The maximum Gasteiger partial charge on any atom is 0.123 e. The first-order valence-electron chi connectivity index (χ1n) is 7.40. The van der Waals surface area contributed by atoms with E-state index in [-0.39, 0.29) is 24.3 Å². The van der Waals surface area contributed by atoms with Crippen LogP contribution in [0.2, 0.25) is 0 Å². The second kappa shape index (κ2) is 8.60. The van der Waals surface area contributed by atoms with Gasteiger partial charge >= 0.3 is 0 Å². The Bertz CT molecular complexity index is 402. The first-order valence-corrected chi connectivity index (χ1v) is 7.40. The summed E-state index contributed by atoms with van der Waals surface area (Å²) < 4.78 is 13.2. The third kappa shape index (κ3) is 4.72. The standard InChI is InChI=1S/C16H24FNO.ClH/c1-2-6-14-9-3-4-10-15(18-14)16(19)12-7-5-8-13(17)11-12;/h5,7-8,11,14-16,18-19H,2-4,6,9-10H2,1H3;1H/t14-,15+,16-;/m1./s1. The predicted octanol–water partition coefficient (Wildman–Crippen LogP) is 3.98. The van der Waals surface area contributed by atoms with Gasteiger partial charge in [0.1, 0.15) is 5.82 Å². The Kier molecular flexibility index (Phi) is 7.49. The third-order valence-electron chi connectivity index (χ3n) is 3.98. The lowest BCUT2D eigenvalue weighted by Gasteiger charge is -2.27. The highest BCUT2D eigenvalue weighted by Crippen LogP contribution is 2.25. The van der Waals surface area contributed by atoms with Crippen LogP contribution in [-0.2, 0) is 0 Å². The third-order valence-corrected chi connectivity index (χ3v) is 3.98. The van der Waals surface area contributed by atoms with Gasteiger partial charge in [-0.1, -0.05) is 38.3 Å². The molecule has 2 nitrogen and oxygen atoms in total. The maximum atomic E-state index is 13.2. The van der Waals surface area contributed by atoms with Crippen molar-refractivity contribution in [1.29, 1.82) is 0 Å². The molecule has 1 saturated heterocycles. The summed E-state index contributed by atoms with van der Waals surface area (Å²) in [6, 6.07) is 6.84. The van der Waals surface area contributed by atoms with Crippen molar-refractivity contribution in [2.75, 3.05) is 0 Å². The second-order valence-corrected chi connectivity index (χ2v) is 5.54. The molecule has 1 aliphatic heterocycles. The molecule has 0 spiro atoms. The van der Waals surface area contributed by atoms with E-state index >= 15 is 0 Å². The summed E-state index contributed by atoms with van der Waals surface area (Å²) in [6.45, 7) is 2.19. The predicted molar refractivity (Wildman–Crippen MR) is 82.7 cm³/mol. The highest BCUT2D eigenvalue weighted by Gasteiger charge is 2.25. The van der Waals surface area contributed by atoms with E-state index in [1.54, 1.807) is 12.1 Å². The number of nitrogens with one attached hydrogen (secondary N) is 1. The molecule has 0 aliphatic carbocycles. The summed E-state index contributed by atoms with van der Waals surface area (Å²) in [5.41, 5.74) is 0.676. The van der Waals surface area contributed by atoms with Gasteiger partial charge in [-0.05, 0) is 37.0 Å². The van der Waals surface area contributed by atoms with E-state index in [1.165, 1.54) is 25.0 Å². The van der Waals surface area contributed by atoms with Gasteiger partial charge in [0.15, 0.2) is 0 Å². The SMILES string of the molecule is CCC[C@@H]1CCCC[C@@H]([C@H](O)c2cccc(F)c2)N1.Cl. The largest absolute Gasteiger partial charge is 0.387 e. The summed E-state index contributed by atoms with van der Waals surface area (Å²) in [6.07, 6.45) is 6.16. The minimum absolute atomic E-state index is 0. The highest BCUT2D eigenvalue weighted by molar-refractivity contribution is 5.85. The summed E-state index contributed by atoms with van der Waals surface area (Å²) in [5.74, 6) is -0.282. The molecule has 3 atom stereocenters. The van der Waals surface area contributed by atoms with Crippen LogP contribution in [-0.4, -0.2) is 17.2 Å². The van der Waals surface area contributed by atoms with Crippen LogP contribution < -0.4 is 5.32 Å². The number of hydrogen-bond acceptors (Lipinski definition) is 2. The molecule has 0 amide bonds. The highest BCUT2D eigenvalue weighted by atomic mass is 35.5. The number of hydrogen-bond donors (Lipinski definition) is 2. The molecule has 0 unspecified atom stereocenters. The Balaban J connectivity index is 0.00000200. The van der Waals surface area contributed by atoms with E-state index in [4.69, 9.17) is 0 Å². The van der Waals surface area contributed by atoms with Crippen LogP contribution in [0.4, 0.5) is 4.39 Å². The molecule has 0 bridgehead atoms. The molecule has 114 valence electrons. The maximum absolute atomic E-state index is 13.2. The van der Waals surface area contributed by atoms with Crippen molar-refractivity contribution >= 4 is 12.4 Å². The number of rotatable bonds is 4. The lowest BCUT2D eigenvalue weighted by Crippen LogP contribution is -2.40. The van der Waals surface area contributed by atoms with Gasteiger partial charge in [0.2, 0.25) is 0 Å². The molecule has 0 aromatic heterocycles. The van der Waals surface area contributed by atoms with Crippen LogP contribution >= 0.6 is 12.4 Å². The van der Waals surface area contributed by atoms with Crippen molar-refractivity contribution in [3.63, 3.8) is 0 Å². The number of benzene rings is 1. The topological polar surface area (TPSA) is 32.3 Å². The minimum atomic E-state index is -0.617. The van der Waals surface area contributed by atoms with Gasteiger partial charge in [0.25, 0.3) is 0 Å². The van der Waals surface area contributed by atoms with E-state index < -0.39 is 6.10 Å². The van der Waals surface area contributed by atoms with Crippen LogP contribution in [0.1, 0.15) is 57.1 Å². The zero-order valence-corrected chi connectivity index (χ0v) is 12.8. The van der Waals surface area contributed by atoms with Crippen LogP contribution in [0.3, 0.4) is 0 Å². The fourth-order valence-electron chi connectivity index (χ4n) is 2.97. The van der Waals surface area contributed by atoms with E-state index in [0.29, 0.717) is 11.6 Å². The smallest absolute Gasteiger partial charge is 0.123 e. The van der Waals surface area contributed by atoms with E-state index in [2.05, 4.69) is 12.2 Å². The zero-order chi connectivity index (χ0) is 13.7. The van der Waals surface area contributed by atoms with Gasteiger partial charge < -0.3 is 10.4 Å². The van der Waals surface area contributed by atoms with Crippen LogP contribution in [0.5, 0.6) is 0 Å². The minimum Gasteiger partial charge on any atom is -0.387 e. The van der Waals surface area contributed by atoms with E-state index in [0.717, 1.165) is 25.7 Å². The fraction of sp³-hybridized carbons (Fsp3) is 0.625. The molecule has 0 saturated carbocycles. The first-order chi connectivity index (χ1) is 9.20. The molecule has 2 rings (SSSR count). The van der Waals surface area contributed by atoms with Gasteiger partial charge in [0, 0.05) is 12.1 Å².